The minimum atomic E-state index is 0.0944. The number of hydrogen-bond donors (Lipinski definition) is 1. The first-order valence-electron chi connectivity index (χ1n) is 7.25. The topological polar surface area (TPSA) is 62.7 Å². The van der Waals surface area contributed by atoms with E-state index in [1.165, 1.54) is 0 Å². The standard InChI is InChI=1S/C15H25N3O2/c1-10(9-16)17-5-7-18(8-6-17)15(19)14-11(2)12(3)20-13(14)4/h10H,5-9,16H2,1-4H3. The Morgan fingerprint density at radius 3 is 2.25 bits per heavy atom. The zero-order chi connectivity index (χ0) is 14.9. The first kappa shape index (κ1) is 15.1. The van der Waals surface area contributed by atoms with Crippen molar-refractivity contribution in [1.82, 2.24) is 9.80 Å². The summed E-state index contributed by atoms with van der Waals surface area (Å²) < 4.78 is 5.56. The van der Waals surface area contributed by atoms with E-state index >= 15 is 0 Å². The number of carbonyl (C=O) groups is 1. The third-order valence-corrected chi connectivity index (χ3v) is 4.34. The lowest BCUT2D eigenvalue weighted by atomic mass is 10.1. The van der Waals surface area contributed by atoms with Crippen molar-refractivity contribution in [3.63, 3.8) is 0 Å². The molecule has 20 heavy (non-hydrogen) atoms. The predicted molar refractivity (Wildman–Crippen MR) is 78.9 cm³/mol. The van der Waals surface area contributed by atoms with Crippen LogP contribution in [0, 0.1) is 20.8 Å². The summed E-state index contributed by atoms with van der Waals surface area (Å²) in [4.78, 5) is 16.9. The van der Waals surface area contributed by atoms with Gasteiger partial charge in [-0.25, -0.2) is 0 Å². The lowest BCUT2D eigenvalue weighted by Crippen LogP contribution is -2.52. The van der Waals surface area contributed by atoms with Gasteiger partial charge in [-0.3, -0.25) is 9.69 Å². The minimum Gasteiger partial charge on any atom is -0.466 e. The van der Waals surface area contributed by atoms with Crippen molar-refractivity contribution in [1.29, 1.82) is 0 Å². The monoisotopic (exact) mass is 279 g/mol. The molecule has 0 aromatic carbocycles. The summed E-state index contributed by atoms with van der Waals surface area (Å²) in [5.41, 5.74) is 7.40. The molecule has 2 rings (SSSR count). The fourth-order valence-electron chi connectivity index (χ4n) is 2.78. The van der Waals surface area contributed by atoms with E-state index in [0.29, 0.717) is 12.6 Å². The Balaban J connectivity index is 2.05. The van der Waals surface area contributed by atoms with Gasteiger partial charge in [0, 0.05) is 44.3 Å². The first-order valence-corrected chi connectivity index (χ1v) is 7.25. The van der Waals surface area contributed by atoms with Crippen LogP contribution in [-0.4, -0.2) is 54.5 Å². The Kier molecular flexibility index (Phi) is 4.50. The van der Waals surface area contributed by atoms with Crippen molar-refractivity contribution in [2.45, 2.75) is 33.7 Å². The number of hydrogen-bond acceptors (Lipinski definition) is 4. The molecule has 5 nitrogen and oxygen atoms in total. The summed E-state index contributed by atoms with van der Waals surface area (Å²) in [6.45, 7) is 11.8. The molecule has 1 aromatic rings. The average Bonchev–Trinajstić information content (AvgIpc) is 2.71. The van der Waals surface area contributed by atoms with E-state index < -0.39 is 0 Å². The molecule has 0 saturated carbocycles. The molecule has 1 aliphatic rings. The fraction of sp³-hybridized carbons (Fsp3) is 0.667. The van der Waals surface area contributed by atoms with Crippen LogP contribution in [0.25, 0.3) is 0 Å². The van der Waals surface area contributed by atoms with Crippen LogP contribution < -0.4 is 5.73 Å². The number of rotatable bonds is 3. The van der Waals surface area contributed by atoms with Gasteiger partial charge in [-0.15, -0.1) is 0 Å². The summed E-state index contributed by atoms with van der Waals surface area (Å²) in [6, 6.07) is 0.381. The molecular weight excluding hydrogens is 254 g/mol. The lowest BCUT2D eigenvalue weighted by Gasteiger charge is -2.37. The third kappa shape index (κ3) is 2.74. The van der Waals surface area contributed by atoms with Gasteiger partial charge in [0.1, 0.15) is 11.5 Å². The molecule has 0 spiro atoms. The van der Waals surface area contributed by atoms with Gasteiger partial charge in [0.25, 0.3) is 5.91 Å². The van der Waals surface area contributed by atoms with Crippen molar-refractivity contribution in [3.8, 4) is 0 Å². The molecule has 1 unspecified atom stereocenters. The highest BCUT2D eigenvalue weighted by atomic mass is 16.3. The van der Waals surface area contributed by atoms with Crippen molar-refractivity contribution in [2.24, 2.45) is 5.73 Å². The van der Waals surface area contributed by atoms with Gasteiger partial charge >= 0.3 is 0 Å². The number of furan rings is 1. The summed E-state index contributed by atoms with van der Waals surface area (Å²) in [5, 5.41) is 0. The molecule has 1 aliphatic heterocycles. The smallest absolute Gasteiger partial charge is 0.257 e. The number of amides is 1. The van der Waals surface area contributed by atoms with Crippen LogP contribution in [0.5, 0.6) is 0 Å². The number of aryl methyl sites for hydroxylation is 2. The Morgan fingerprint density at radius 2 is 1.80 bits per heavy atom. The Labute approximate surface area is 120 Å². The fourth-order valence-corrected chi connectivity index (χ4v) is 2.78. The number of nitrogens with zero attached hydrogens (tertiary/aromatic N) is 2. The molecule has 0 radical (unpaired) electrons. The molecule has 2 heterocycles. The number of carbonyl (C=O) groups excluding carboxylic acids is 1. The Morgan fingerprint density at radius 1 is 1.20 bits per heavy atom. The predicted octanol–water partition coefficient (Wildman–Crippen LogP) is 1.31. The second-order valence-corrected chi connectivity index (χ2v) is 5.63. The second-order valence-electron chi connectivity index (χ2n) is 5.63. The SMILES string of the molecule is Cc1oc(C)c(C(=O)N2CCN(C(C)CN)CC2)c1C. The highest BCUT2D eigenvalue weighted by Gasteiger charge is 2.27. The normalized spacial score (nSPS) is 18.4. The first-order chi connectivity index (χ1) is 9.45. The molecule has 5 heteroatoms. The Bertz CT molecular complexity index is 488. The molecular formula is C15H25N3O2. The third-order valence-electron chi connectivity index (χ3n) is 4.34. The van der Waals surface area contributed by atoms with Gasteiger partial charge in [-0.1, -0.05) is 0 Å². The molecule has 0 aliphatic carbocycles. The molecule has 1 fully saturated rings. The zero-order valence-electron chi connectivity index (χ0n) is 12.9. The quantitative estimate of drug-likeness (QED) is 0.906. The van der Waals surface area contributed by atoms with Gasteiger partial charge in [0.2, 0.25) is 0 Å². The summed E-state index contributed by atoms with van der Waals surface area (Å²) in [6.07, 6.45) is 0. The Hall–Kier alpha value is -1.33. The lowest BCUT2D eigenvalue weighted by molar-refractivity contribution is 0.0587. The van der Waals surface area contributed by atoms with E-state index in [9.17, 15) is 4.79 Å². The molecule has 0 bridgehead atoms. The molecule has 2 N–H and O–H groups in total. The van der Waals surface area contributed by atoms with Crippen LogP contribution in [0.15, 0.2) is 4.42 Å². The van der Waals surface area contributed by atoms with E-state index in [0.717, 1.165) is 48.8 Å². The molecule has 1 aromatic heterocycles. The second kappa shape index (κ2) is 5.97. The van der Waals surface area contributed by atoms with Crippen molar-refractivity contribution < 1.29 is 9.21 Å². The van der Waals surface area contributed by atoms with Crippen LogP contribution >= 0.6 is 0 Å². The van der Waals surface area contributed by atoms with Gasteiger partial charge in [0.05, 0.1) is 5.56 Å². The van der Waals surface area contributed by atoms with Crippen LogP contribution in [0.1, 0.15) is 34.4 Å². The van der Waals surface area contributed by atoms with Gasteiger partial charge in [-0.05, 0) is 27.7 Å². The molecule has 112 valence electrons. The maximum Gasteiger partial charge on any atom is 0.257 e. The van der Waals surface area contributed by atoms with Crippen molar-refractivity contribution in [2.75, 3.05) is 32.7 Å². The van der Waals surface area contributed by atoms with Crippen LogP contribution in [-0.2, 0) is 0 Å². The van der Waals surface area contributed by atoms with Gasteiger partial charge in [-0.2, -0.15) is 0 Å². The van der Waals surface area contributed by atoms with Crippen LogP contribution in [0.3, 0.4) is 0 Å². The minimum absolute atomic E-state index is 0.0944. The molecule has 1 saturated heterocycles. The van der Waals surface area contributed by atoms with E-state index in [1.54, 1.807) is 0 Å². The summed E-state index contributed by atoms with van der Waals surface area (Å²) in [7, 11) is 0. The maximum absolute atomic E-state index is 12.6. The number of piperazine rings is 1. The van der Waals surface area contributed by atoms with Crippen molar-refractivity contribution >= 4 is 5.91 Å². The number of nitrogens with two attached hydrogens (primary N) is 1. The zero-order valence-corrected chi connectivity index (χ0v) is 12.9. The van der Waals surface area contributed by atoms with E-state index in [1.807, 2.05) is 25.7 Å². The molecule has 1 amide bonds. The van der Waals surface area contributed by atoms with E-state index in [-0.39, 0.29) is 5.91 Å². The van der Waals surface area contributed by atoms with E-state index in [4.69, 9.17) is 10.2 Å². The maximum atomic E-state index is 12.6. The summed E-state index contributed by atoms with van der Waals surface area (Å²) in [5.74, 6) is 1.65. The van der Waals surface area contributed by atoms with Crippen LogP contribution in [0.2, 0.25) is 0 Å². The summed E-state index contributed by atoms with van der Waals surface area (Å²) >= 11 is 0. The van der Waals surface area contributed by atoms with Crippen molar-refractivity contribution in [3.05, 3.63) is 22.6 Å². The van der Waals surface area contributed by atoms with Gasteiger partial charge in [0.15, 0.2) is 0 Å². The highest BCUT2D eigenvalue weighted by Crippen LogP contribution is 2.23. The highest BCUT2D eigenvalue weighted by molar-refractivity contribution is 5.97. The largest absolute Gasteiger partial charge is 0.466 e. The van der Waals surface area contributed by atoms with E-state index in [2.05, 4.69) is 11.8 Å². The van der Waals surface area contributed by atoms with Crippen LogP contribution in [0.4, 0.5) is 0 Å². The van der Waals surface area contributed by atoms with Gasteiger partial charge < -0.3 is 15.1 Å². The average molecular weight is 279 g/mol. The molecule has 1 atom stereocenters.